The molecular weight excluding hydrogens is 240 g/mol. The molecule has 1 heterocycles. The summed E-state index contributed by atoms with van der Waals surface area (Å²) in [6.45, 7) is 4.33. The second-order valence-corrected chi connectivity index (χ2v) is 5.12. The molecule has 1 fully saturated rings. The minimum atomic E-state index is -0.164. The van der Waals surface area contributed by atoms with Gasteiger partial charge in [0.15, 0.2) is 0 Å². The van der Waals surface area contributed by atoms with Crippen LogP contribution in [0.4, 0.5) is 0 Å². The zero-order chi connectivity index (χ0) is 13.7. The number of hydrogen-bond donors (Lipinski definition) is 1. The van der Waals surface area contributed by atoms with Gasteiger partial charge in [-0.2, -0.15) is 0 Å². The lowest BCUT2D eigenvalue weighted by Gasteiger charge is -2.16. The molecule has 1 aromatic carbocycles. The second kappa shape index (κ2) is 6.68. The van der Waals surface area contributed by atoms with E-state index in [1.807, 2.05) is 25.1 Å². The Balaban J connectivity index is 1.85. The number of ether oxygens (including phenoxy) is 1. The number of benzene rings is 1. The topological polar surface area (TPSA) is 55.6 Å². The average molecular weight is 262 g/mol. The molecular formula is C15H22N2O2. The maximum absolute atomic E-state index is 11.5. The quantitative estimate of drug-likeness (QED) is 0.818. The Morgan fingerprint density at radius 1 is 1.37 bits per heavy atom. The second-order valence-electron chi connectivity index (χ2n) is 5.12. The van der Waals surface area contributed by atoms with Crippen molar-refractivity contribution in [1.82, 2.24) is 4.90 Å². The van der Waals surface area contributed by atoms with E-state index in [4.69, 9.17) is 10.5 Å². The van der Waals surface area contributed by atoms with Crippen LogP contribution in [0.5, 0.6) is 0 Å². The van der Waals surface area contributed by atoms with Crippen molar-refractivity contribution in [3.05, 3.63) is 35.9 Å². The largest absolute Gasteiger partial charge is 0.459 e. The Hall–Kier alpha value is -1.39. The van der Waals surface area contributed by atoms with Crippen LogP contribution < -0.4 is 5.73 Å². The van der Waals surface area contributed by atoms with Gasteiger partial charge in [-0.15, -0.1) is 0 Å². The van der Waals surface area contributed by atoms with Crippen LogP contribution in [0.1, 0.15) is 25.3 Å². The van der Waals surface area contributed by atoms with Gasteiger partial charge in [0.2, 0.25) is 0 Å². The van der Waals surface area contributed by atoms with Crippen LogP contribution in [0.2, 0.25) is 0 Å². The van der Waals surface area contributed by atoms with Gasteiger partial charge in [-0.25, -0.2) is 0 Å². The third-order valence-corrected chi connectivity index (χ3v) is 3.37. The molecule has 19 heavy (non-hydrogen) atoms. The Labute approximate surface area is 114 Å². The average Bonchev–Trinajstić information content (AvgIpc) is 2.71. The normalized spacial score (nSPS) is 23.5. The lowest BCUT2D eigenvalue weighted by atomic mass is 10.2. The molecule has 0 aromatic heterocycles. The SMILES string of the molecule is CCCC(=O)OC1CN(Cc2ccccc2)CC1N. The van der Waals surface area contributed by atoms with Gasteiger partial charge in [0.25, 0.3) is 0 Å². The van der Waals surface area contributed by atoms with E-state index in [-0.39, 0.29) is 18.1 Å². The van der Waals surface area contributed by atoms with Gasteiger partial charge in [-0.05, 0) is 12.0 Å². The zero-order valence-electron chi connectivity index (χ0n) is 11.4. The first-order valence-electron chi connectivity index (χ1n) is 6.90. The highest BCUT2D eigenvalue weighted by molar-refractivity contribution is 5.69. The van der Waals surface area contributed by atoms with Gasteiger partial charge in [0, 0.05) is 26.1 Å². The van der Waals surface area contributed by atoms with Crippen LogP contribution in [0.3, 0.4) is 0 Å². The maximum Gasteiger partial charge on any atom is 0.306 e. The molecule has 0 aliphatic carbocycles. The van der Waals surface area contributed by atoms with Crippen molar-refractivity contribution >= 4 is 5.97 Å². The molecule has 0 saturated carbocycles. The third-order valence-electron chi connectivity index (χ3n) is 3.37. The van der Waals surface area contributed by atoms with E-state index in [1.165, 1.54) is 5.56 Å². The predicted octanol–water partition coefficient (Wildman–Crippen LogP) is 1.54. The van der Waals surface area contributed by atoms with E-state index in [0.717, 1.165) is 26.1 Å². The summed E-state index contributed by atoms with van der Waals surface area (Å²) in [5.41, 5.74) is 7.31. The van der Waals surface area contributed by atoms with Crippen molar-refractivity contribution in [2.75, 3.05) is 13.1 Å². The number of rotatable bonds is 5. The molecule has 2 unspecified atom stereocenters. The first kappa shape index (κ1) is 14.0. The monoisotopic (exact) mass is 262 g/mol. The lowest BCUT2D eigenvalue weighted by Crippen LogP contribution is -2.36. The number of hydrogen-bond acceptors (Lipinski definition) is 4. The summed E-state index contributed by atoms with van der Waals surface area (Å²) < 4.78 is 5.43. The molecule has 2 atom stereocenters. The van der Waals surface area contributed by atoms with Gasteiger partial charge in [-0.3, -0.25) is 9.69 Å². The van der Waals surface area contributed by atoms with E-state index in [9.17, 15) is 4.79 Å². The molecule has 1 aromatic rings. The Morgan fingerprint density at radius 3 is 2.79 bits per heavy atom. The first-order valence-corrected chi connectivity index (χ1v) is 6.90. The standard InChI is InChI=1S/C15H22N2O2/c1-2-6-15(18)19-14-11-17(10-13(14)16)9-12-7-4-3-5-8-12/h3-5,7-8,13-14H,2,6,9-11,16H2,1H3. The minimum absolute atomic E-state index is 0.0791. The lowest BCUT2D eigenvalue weighted by molar-refractivity contribution is -0.149. The number of carbonyl (C=O) groups excluding carboxylic acids is 1. The zero-order valence-corrected chi connectivity index (χ0v) is 11.4. The minimum Gasteiger partial charge on any atom is -0.459 e. The van der Waals surface area contributed by atoms with Crippen molar-refractivity contribution in [2.24, 2.45) is 5.73 Å². The van der Waals surface area contributed by atoms with Gasteiger partial charge in [0.05, 0.1) is 6.04 Å². The summed E-state index contributed by atoms with van der Waals surface area (Å²) in [6.07, 6.45) is 1.12. The molecule has 0 spiro atoms. The summed E-state index contributed by atoms with van der Waals surface area (Å²) in [4.78, 5) is 13.8. The van der Waals surface area contributed by atoms with Gasteiger partial charge in [0.1, 0.15) is 6.10 Å². The highest BCUT2D eigenvalue weighted by Gasteiger charge is 2.32. The van der Waals surface area contributed by atoms with Crippen LogP contribution in [0, 0.1) is 0 Å². The van der Waals surface area contributed by atoms with Crippen molar-refractivity contribution in [3.63, 3.8) is 0 Å². The van der Waals surface area contributed by atoms with E-state index in [2.05, 4.69) is 17.0 Å². The van der Waals surface area contributed by atoms with Crippen LogP contribution in [0.15, 0.2) is 30.3 Å². The molecule has 1 saturated heterocycles. The number of esters is 1. The highest BCUT2D eigenvalue weighted by atomic mass is 16.5. The maximum atomic E-state index is 11.5. The molecule has 0 radical (unpaired) electrons. The van der Waals surface area contributed by atoms with E-state index >= 15 is 0 Å². The Kier molecular flexibility index (Phi) is 4.93. The van der Waals surface area contributed by atoms with Crippen molar-refractivity contribution in [1.29, 1.82) is 0 Å². The first-order chi connectivity index (χ1) is 9.19. The fourth-order valence-corrected chi connectivity index (χ4v) is 2.41. The fraction of sp³-hybridized carbons (Fsp3) is 0.533. The predicted molar refractivity (Wildman–Crippen MR) is 74.5 cm³/mol. The molecule has 2 rings (SSSR count). The van der Waals surface area contributed by atoms with Crippen LogP contribution in [-0.2, 0) is 16.1 Å². The molecule has 4 nitrogen and oxygen atoms in total. The molecule has 1 aliphatic heterocycles. The molecule has 0 bridgehead atoms. The number of likely N-dealkylation sites (tertiary alicyclic amines) is 1. The molecule has 4 heteroatoms. The molecule has 1 aliphatic rings. The highest BCUT2D eigenvalue weighted by Crippen LogP contribution is 2.16. The van der Waals surface area contributed by atoms with Crippen molar-refractivity contribution in [2.45, 2.75) is 38.5 Å². The molecule has 2 N–H and O–H groups in total. The van der Waals surface area contributed by atoms with Crippen molar-refractivity contribution in [3.8, 4) is 0 Å². The summed E-state index contributed by atoms with van der Waals surface area (Å²) in [6, 6.07) is 10.2. The van der Waals surface area contributed by atoms with Crippen LogP contribution in [-0.4, -0.2) is 36.1 Å². The van der Waals surface area contributed by atoms with Gasteiger partial charge >= 0.3 is 5.97 Å². The van der Waals surface area contributed by atoms with Crippen molar-refractivity contribution < 1.29 is 9.53 Å². The fourth-order valence-electron chi connectivity index (χ4n) is 2.41. The smallest absolute Gasteiger partial charge is 0.306 e. The molecule has 104 valence electrons. The van der Waals surface area contributed by atoms with Crippen LogP contribution >= 0.6 is 0 Å². The Morgan fingerprint density at radius 2 is 2.11 bits per heavy atom. The van der Waals surface area contributed by atoms with E-state index < -0.39 is 0 Å². The number of nitrogens with zero attached hydrogens (tertiary/aromatic N) is 1. The molecule has 0 amide bonds. The van der Waals surface area contributed by atoms with Crippen LogP contribution in [0.25, 0.3) is 0 Å². The van der Waals surface area contributed by atoms with Gasteiger partial charge < -0.3 is 10.5 Å². The summed E-state index contributed by atoms with van der Waals surface area (Å²) in [7, 11) is 0. The Bertz CT molecular complexity index is 408. The van der Waals surface area contributed by atoms with E-state index in [0.29, 0.717) is 6.42 Å². The number of carbonyl (C=O) groups is 1. The third kappa shape index (κ3) is 4.04. The summed E-state index contributed by atoms with van der Waals surface area (Å²) in [5, 5.41) is 0. The van der Waals surface area contributed by atoms with E-state index in [1.54, 1.807) is 0 Å². The summed E-state index contributed by atoms with van der Waals surface area (Å²) >= 11 is 0. The van der Waals surface area contributed by atoms with Gasteiger partial charge in [-0.1, -0.05) is 37.3 Å². The summed E-state index contributed by atoms with van der Waals surface area (Å²) in [5.74, 6) is -0.135. The number of nitrogens with two attached hydrogens (primary N) is 1.